The first-order chi connectivity index (χ1) is 7.60. The molecule has 2 heteroatoms. The van der Waals surface area contributed by atoms with Crippen LogP contribution in [-0.4, -0.2) is 18.5 Å². The van der Waals surface area contributed by atoms with Crippen molar-refractivity contribution in [3.05, 3.63) is 12.2 Å². The van der Waals surface area contributed by atoms with Gasteiger partial charge in [0.15, 0.2) is 6.29 Å². The van der Waals surface area contributed by atoms with Crippen LogP contribution in [-0.2, 0) is 9.47 Å². The van der Waals surface area contributed by atoms with Crippen LogP contribution in [0.25, 0.3) is 0 Å². The van der Waals surface area contributed by atoms with Gasteiger partial charge in [0.05, 0.1) is 6.61 Å². The van der Waals surface area contributed by atoms with Gasteiger partial charge in [0, 0.05) is 0 Å². The SMILES string of the molecule is C/C=C/C1OC[C@]2(O1)[C@@H]1CC[C@@H](C1)C2(C)C. The molecule has 0 aromatic heterocycles. The van der Waals surface area contributed by atoms with Crippen LogP contribution in [0.5, 0.6) is 0 Å². The summed E-state index contributed by atoms with van der Waals surface area (Å²) in [6, 6.07) is 0. The molecule has 2 bridgehead atoms. The van der Waals surface area contributed by atoms with Crippen LogP contribution < -0.4 is 0 Å². The molecule has 2 nitrogen and oxygen atoms in total. The fourth-order valence-corrected chi connectivity index (χ4v) is 4.22. The Labute approximate surface area is 98.0 Å². The van der Waals surface area contributed by atoms with Crippen molar-refractivity contribution in [2.75, 3.05) is 6.61 Å². The number of allylic oxidation sites excluding steroid dienone is 1. The molecule has 0 amide bonds. The van der Waals surface area contributed by atoms with Crippen LogP contribution in [0, 0.1) is 17.3 Å². The lowest BCUT2D eigenvalue weighted by atomic mass is 9.66. The summed E-state index contributed by atoms with van der Waals surface area (Å²) in [7, 11) is 0. The maximum absolute atomic E-state index is 6.29. The lowest BCUT2D eigenvalue weighted by Crippen LogP contribution is -2.51. The number of ether oxygens (including phenoxy) is 2. The van der Waals surface area contributed by atoms with Crippen LogP contribution in [0.15, 0.2) is 12.2 Å². The lowest BCUT2D eigenvalue weighted by Gasteiger charge is -2.45. The molecule has 0 aromatic rings. The highest BCUT2D eigenvalue weighted by molar-refractivity contribution is 5.15. The number of fused-ring (bicyclic) bond motifs is 3. The van der Waals surface area contributed by atoms with Crippen LogP contribution in [0.3, 0.4) is 0 Å². The predicted octanol–water partition coefficient (Wildman–Crippen LogP) is 3.13. The summed E-state index contributed by atoms with van der Waals surface area (Å²) in [5, 5.41) is 0. The summed E-state index contributed by atoms with van der Waals surface area (Å²) in [5.74, 6) is 1.56. The molecule has 1 unspecified atom stereocenters. The summed E-state index contributed by atoms with van der Waals surface area (Å²) in [5.41, 5.74) is 0.284. The quantitative estimate of drug-likeness (QED) is 0.635. The smallest absolute Gasteiger partial charge is 0.177 e. The summed E-state index contributed by atoms with van der Waals surface area (Å²) >= 11 is 0. The minimum atomic E-state index is -0.108. The van der Waals surface area contributed by atoms with Crippen molar-refractivity contribution in [3.63, 3.8) is 0 Å². The Bertz CT molecular complexity index is 321. The van der Waals surface area contributed by atoms with Crippen LogP contribution in [0.1, 0.15) is 40.0 Å². The molecule has 90 valence electrons. The summed E-state index contributed by atoms with van der Waals surface area (Å²) < 4.78 is 12.1. The van der Waals surface area contributed by atoms with E-state index >= 15 is 0 Å². The zero-order valence-electron chi connectivity index (χ0n) is 10.5. The van der Waals surface area contributed by atoms with Crippen molar-refractivity contribution in [1.82, 2.24) is 0 Å². The van der Waals surface area contributed by atoms with Crippen LogP contribution in [0.2, 0.25) is 0 Å². The zero-order valence-corrected chi connectivity index (χ0v) is 10.5. The fraction of sp³-hybridized carbons (Fsp3) is 0.857. The van der Waals surface area contributed by atoms with E-state index in [2.05, 4.69) is 13.8 Å². The van der Waals surface area contributed by atoms with E-state index in [0.717, 1.165) is 18.4 Å². The average Bonchev–Trinajstić information content (AvgIpc) is 2.86. The van der Waals surface area contributed by atoms with Gasteiger partial charge in [0.1, 0.15) is 5.60 Å². The molecule has 1 aliphatic heterocycles. The second-order valence-corrected chi connectivity index (χ2v) is 6.14. The van der Waals surface area contributed by atoms with Crippen LogP contribution >= 0.6 is 0 Å². The molecule has 3 fully saturated rings. The topological polar surface area (TPSA) is 18.5 Å². The van der Waals surface area contributed by atoms with Gasteiger partial charge in [-0.2, -0.15) is 0 Å². The van der Waals surface area contributed by atoms with Gasteiger partial charge in [-0.25, -0.2) is 0 Å². The van der Waals surface area contributed by atoms with Gasteiger partial charge in [-0.3, -0.25) is 0 Å². The summed E-state index contributed by atoms with van der Waals surface area (Å²) in [4.78, 5) is 0. The van der Waals surface area contributed by atoms with Gasteiger partial charge < -0.3 is 9.47 Å². The van der Waals surface area contributed by atoms with Gasteiger partial charge in [-0.15, -0.1) is 0 Å². The maximum atomic E-state index is 6.29. The molecule has 3 rings (SSSR count). The minimum absolute atomic E-state index is 0.0000926. The highest BCUT2D eigenvalue weighted by Gasteiger charge is 2.66. The molecule has 16 heavy (non-hydrogen) atoms. The molecular formula is C14H22O2. The Morgan fingerprint density at radius 3 is 2.56 bits per heavy atom. The van der Waals surface area contributed by atoms with Crippen LogP contribution in [0.4, 0.5) is 0 Å². The van der Waals surface area contributed by atoms with Gasteiger partial charge in [0.2, 0.25) is 0 Å². The molecular weight excluding hydrogens is 200 g/mol. The molecule has 1 heterocycles. The van der Waals surface area contributed by atoms with E-state index in [1.807, 2.05) is 19.1 Å². The normalized spacial score (nSPS) is 49.8. The lowest BCUT2D eigenvalue weighted by molar-refractivity contribution is -0.136. The second kappa shape index (κ2) is 3.33. The Morgan fingerprint density at radius 1 is 1.19 bits per heavy atom. The predicted molar refractivity (Wildman–Crippen MR) is 63.0 cm³/mol. The van der Waals surface area contributed by atoms with E-state index in [9.17, 15) is 0 Å². The molecule has 3 aliphatic rings. The summed E-state index contributed by atoms with van der Waals surface area (Å²) in [6.45, 7) is 7.55. The largest absolute Gasteiger partial charge is 0.346 e. The molecule has 0 N–H and O–H groups in total. The standard InChI is InChI=1S/C14H22O2/c1-4-5-12-15-9-14(16-12)11-7-6-10(8-11)13(14,2)3/h4-5,10-12H,6-9H2,1-3H3/b5-4+/t10-,11+,12?,14-/m0/s1. The Kier molecular flexibility index (Phi) is 2.25. The monoisotopic (exact) mass is 222 g/mol. The van der Waals surface area contributed by atoms with E-state index < -0.39 is 0 Å². The van der Waals surface area contributed by atoms with Gasteiger partial charge in [-0.1, -0.05) is 19.9 Å². The van der Waals surface area contributed by atoms with Gasteiger partial charge >= 0.3 is 0 Å². The highest BCUT2D eigenvalue weighted by Crippen LogP contribution is 2.64. The first kappa shape index (κ1) is 10.8. The van der Waals surface area contributed by atoms with E-state index in [1.54, 1.807) is 0 Å². The third-order valence-electron chi connectivity index (χ3n) is 5.34. The Hall–Kier alpha value is -0.340. The van der Waals surface area contributed by atoms with Crippen molar-refractivity contribution in [1.29, 1.82) is 0 Å². The molecule has 1 spiro atoms. The second-order valence-electron chi connectivity index (χ2n) is 6.14. The van der Waals surface area contributed by atoms with Crippen molar-refractivity contribution >= 4 is 0 Å². The molecule has 1 saturated heterocycles. The van der Waals surface area contributed by atoms with E-state index in [1.165, 1.54) is 19.3 Å². The van der Waals surface area contributed by atoms with E-state index in [-0.39, 0.29) is 17.3 Å². The van der Waals surface area contributed by atoms with Crippen molar-refractivity contribution < 1.29 is 9.47 Å². The minimum Gasteiger partial charge on any atom is -0.346 e. The molecule has 0 aromatic carbocycles. The molecule has 4 atom stereocenters. The van der Waals surface area contributed by atoms with E-state index in [4.69, 9.17) is 9.47 Å². The maximum Gasteiger partial charge on any atom is 0.177 e. The fourth-order valence-electron chi connectivity index (χ4n) is 4.22. The highest BCUT2D eigenvalue weighted by atomic mass is 16.7. The molecule has 2 saturated carbocycles. The Balaban J connectivity index is 1.89. The number of rotatable bonds is 1. The number of hydrogen-bond donors (Lipinski definition) is 0. The third kappa shape index (κ3) is 1.15. The number of hydrogen-bond acceptors (Lipinski definition) is 2. The van der Waals surface area contributed by atoms with Gasteiger partial charge in [0.25, 0.3) is 0 Å². The average molecular weight is 222 g/mol. The summed E-state index contributed by atoms with van der Waals surface area (Å²) in [6.07, 6.45) is 8.00. The Morgan fingerprint density at radius 2 is 1.94 bits per heavy atom. The van der Waals surface area contributed by atoms with Crippen molar-refractivity contribution in [2.24, 2.45) is 17.3 Å². The van der Waals surface area contributed by atoms with Gasteiger partial charge in [-0.05, 0) is 49.5 Å². The first-order valence-electron chi connectivity index (χ1n) is 6.52. The van der Waals surface area contributed by atoms with E-state index in [0.29, 0.717) is 0 Å². The van der Waals surface area contributed by atoms with Crippen molar-refractivity contribution in [3.8, 4) is 0 Å². The zero-order chi connectivity index (χ0) is 11.4. The molecule has 0 radical (unpaired) electrons. The van der Waals surface area contributed by atoms with Crippen molar-refractivity contribution in [2.45, 2.75) is 51.9 Å². The molecule has 2 aliphatic carbocycles. The third-order valence-corrected chi connectivity index (χ3v) is 5.34. The first-order valence-corrected chi connectivity index (χ1v) is 6.52.